The Kier molecular flexibility index (Phi) is 7.47. The summed E-state index contributed by atoms with van der Waals surface area (Å²) in [4.78, 5) is 43.2. The molecule has 1 aliphatic carbocycles. The molecular formula is C32H36N8O2. The number of rotatable bonds is 8. The number of amides is 2. The average Bonchev–Trinajstić information content (AvgIpc) is 3.64. The second kappa shape index (κ2) is 11.4. The molecule has 1 saturated heterocycles. The number of hydrogen-bond acceptors (Lipinski definition) is 7. The monoisotopic (exact) mass is 564 g/mol. The summed E-state index contributed by atoms with van der Waals surface area (Å²) in [6.07, 6.45) is 10.2. The first-order valence-corrected chi connectivity index (χ1v) is 14.4. The highest BCUT2D eigenvalue weighted by atomic mass is 16.2. The van der Waals surface area contributed by atoms with E-state index in [-0.39, 0.29) is 17.9 Å². The van der Waals surface area contributed by atoms with Crippen molar-refractivity contribution in [1.82, 2.24) is 29.3 Å². The van der Waals surface area contributed by atoms with Gasteiger partial charge in [0.1, 0.15) is 23.6 Å². The van der Waals surface area contributed by atoms with Crippen molar-refractivity contribution >= 4 is 34.5 Å². The molecule has 10 heteroatoms. The lowest BCUT2D eigenvalue weighted by Gasteiger charge is -2.18. The minimum Gasteiger partial charge on any atom is -0.383 e. The molecule has 2 aliphatic rings. The first-order valence-electron chi connectivity index (χ1n) is 14.4. The molecule has 2 fully saturated rings. The molecule has 3 aromatic heterocycles. The molecule has 0 spiro atoms. The van der Waals surface area contributed by atoms with Gasteiger partial charge in [0.2, 0.25) is 5.91 Å². The van der Waals surface area contributed by atoms with Gasteiger partial charge in [0, 0.05) is 54.8 Å². The van der Waals surface area contributed by atoms with Gasteiger partial charge in [-0.25, -0.2) is 15.0 Å². The van der Waals surface area contributed by atoms with Gasteiger partial charge in [0.05, 0.1) is 11.4 Å². The second-order valence-corrected chi connectivity index (χ2v) is 11.3. The van der Waals surface area contributed by atoms with Gasteiger partial charge in [0.25, 0.3) is 5.91 Å². The van der Waals surface area contributed by atoms with E-state index in [1.807, 2.05) is 42.2 Å². The number of anilines is 2. The van der Waals surface area contributed by atoms with Crippen LogP contribution >= 0.6 is 0 Å². The average molecular weight is 565 g/mol. The number of aromatic nitrogens is 4. The van der Waals surface area contributed by atoms with Gasteiger partial charge < -0.3 is 20.5 Å². The number of benzene rings is 1. The molecule has 42 heavy (non-hydrogen) atoms. The maximum atomic E-state index is 13.0. The number of aryl methyl sites for hydroxylation is 1. The lowest BCUT2D eigenvalue weighted by atomic mass is 10.0. The maximum absolute atomic E-state index is 13.0. The van der Waals surface area contributed by atoms with Crippen LogP contribution in [0.1, 0.15) is 46.9 Å². The molecule has 1 atom stereocenters. The van der Waals surface area contributed by atoms with E-state index < -0.39 is 0 Å². The number of carbonyl (C=O) groups excluding carboxylic acids is 2. The van der Waals surface area contributed by atoms with Crippen molar-refractivity contribution in [3.05, 3.63) is 77.9 Å². The predicted molar refractivity (Wildman–Crippen MR) is 164 cm³/mol. The van der Waals surface area contributed by atoms with Crippen LogP contribution in [0.5, 0.6) is 0 Å². The number of fused-ring (bicyclic) bond motifs is 1. The van der Waals surface area contributed by atoms with E-state index in [4.69, 9.17) is 5.73 Å². The molecule has 6 rings (SSSR count). The van der Waals surface area contributed by atoms with Gasteiger partial charge in [-0.05, 0) is 75.5 Å². The third-order valence-electron chi connectivity index (χ3n) is 8.31. The highest BCUT2D eigenvalue weighted by Gasteiger charge is 2.31. The summed E-state index contributed by atoms with van der Waals surface area (Å²) in [5.41, 5.74) is 11.6. The zero-order valence-electron chi connectivity index (χ0n) is 24.2. The zero-order valence-corrected chi connectivity index (χ0v) is 24.2. The second-order valence-electron chi connectivity index (χ2n) is 11.3. The molecule has 4 heterocycles. The maximum Gasteiger partial charge on any atom is 0.256 e. The van der Waals surface area contributed by atoms with E-state index in [9.17, 15) is 9.59 Å². The smallest absolute Gasteiger partial charge is 0.256 e. The zero-order chi connectivity index (χ0) is 29.4. The van der Waals surface area contributed by atoms with E-state index in [1.54, 1.807) is 24.4 Å². The van der Waals surface area contributed by atoms with E-state index >= 15 is 0 Å². The van der Waals surface area contributed by atoms with Gasteiger partial charge in [0.15, 0.2) is 0 Å². The fourth-order valence-corrected chi connectivity index (χ4v) is 5.90. The number of likely N-dealkylation sites (N-methyl/N-ethyl adjacent to an activating group) is 1. The van der Waals surface area contributed by atoms with Gasteiger partial charge >= 0.3 is 0 Å². The fraction of sp³-hybridized carbons (Fsp3) is 0.344. The van der Waals surface area contributed by atoms with E-state index in [0.717, 1.165) is 46.4 Å². The van der Waals surface area contributed by atoms with Crippen LogP contribution in [-0.2, 0) is 4.79 Å². The molecule has 0 unspecified atom stereocenters. The van der Waals surface area contributed by atoms with Crippen molar-refractivity contribution in [3.8, 4) is 11.1 Å². The van der Waals surface area contributed by atoms with Gasteiger partial charge in [-0.1, -0.05) is 18.2 Å². The Morgan fingerprint density at radius 3 is 2.62 bits per heavy atom. The highest BCUT2D eigenvalue weighted by Crippen LogP contribution is 2.39. The molecule has 4 aromatic rings. The van der Waals surface area contributed by atoms with Crippen molar-refractivity contribution in [2.24, 2.45) is 0 Å². The number of pyridine rings is 1. The first kappa shape index (κ1) is 27.6. The first-order chi connectivity index (χ1) is 20.3. The number of nitrogens with two attached hydrogens (primary N) is 1. The molecule has 2 amide bonds. The SMILES string of the molecule is Cc1ccnc(NC(=O)c2ccc(-c3c(C)n([C@@H]4CCN(C(=O)/C=C/CN(C)C5CC5)C4)c4ncnc(N)c34)cc2)c1. The Bertz CT molecular complexity index is 1670. The molecule has 1 aliphatic heterocycles. The molecule has 3 N–H and O–H groups in total. The van der Waals surface area contributed by atoms with Crippen molar-refractivity contribution < 1.29 is 9.59 Å². The Morgan fingerprint density at radius 1 is 1.10 bits per heavy atom. The summed E-state index contributed by atoms with van der Waals surface area (Å²) in [7, 11) is 2.11. The summed E-state index contributed by atoms with van der Waals surface area (Å²) in [5, 5.41) is 3.64. The van der Waals surface area contributed by atoms with Crippen LogP contribution in [0.4, 0.5) is 11.6 Å². The normalized spacial score (nSPS) is 17.0. The van der Waals surface area contributed by atoms with Gasteiger partial charge in [-0.3, -0.25) is 14.5 Å². The molecule has 10 nitrogen and oxygen atoms in total. The summed E-state index contributed by atoms with van der Waals surface area (Å²) < 4.78 is 2.20. The summed E-state index contributed by atoms with van der Waals surface area (Å²) in [5.74, 6) is 0.724. The lowest BCUT2D eigenvalue weighted by Crippen LogP contribution is -2.28. The Balaban J connectivity index is 1.24. The molecular weight excluding hydrogens is 528 g/mol. The third-order valence-corrected chi connectivity index (χ3v) is 8.31. The number of nitrogens with zero attached hydrogens (tertiary/aromatic N) is 6. The quantitative estimate of drug-likeness (QED) is 0.305. The summed E-state index contributed by atoms with van der Waals surface area (Å²) in [6, 6.07) is 11.9. The van der Waals surface area contributed by atoms with Crippen LogP contribution in [0.25, 0.3) is 22.2 Å². The summed E-state index contributed by atoms with van der Waals surface area (Å²) in [6.45, 7) is 6.08. The number of likely N-dealkylation sites (tertiary alicyclic amines) is 1. The Hall–Kier alpha value is -4.57. The van der Waals surface area contributed by atoms with Crippen LogP contribution in [0.15, 0.2) is 61.1 Å². The number of hydrogen-bond donors (Lipinski definition) is 2. The van der Waals surface area contributed by atoms with Crippen LogP contribution in [0, 0.1) is 13.8 Å². The minimum absolute atomic E-state index is 0.0416. The number of carbonyl (C=O) groups is 2. The molecule has 0 bridgehead atoms. The number of nitrogens with one attached hydrogen (secondary N) is 1. The van der Waals surface area contributed by atoms with Crippen LogP contribution in [0.2, 0.25) is 0 Å². The van der Waals surface area contributed by atoms with Crippen molar-refractivity contribution in [2.75, 3.05) is 37.7 Å². The van der Waals surface area contributed by atoms with Gasteiger partial charge in [-0.15, -0.1) is 0 Å². The minimum atomic E-state index is -0.231. The van der Waals surface area contributed by atoms with Crippen LogP contribution in [-0.4, -0.2) is 73.9 Å². The standard InChI is InChI=1S/C32H36N8O2/c1-20-12-14-34-26(17-20)37-32(42)23-8-6-22(7-9-23)28-21(2)40(31-29(28)30(33)35-19-36-31)25-13-16-39(18-25)27(41)5-4-15-38(3)24-10-11-24/h4-9,12,14,17,19,24-25H,10-11,13,15-16,18H2,1-3H3,(H2,33,35,36)(H,34,37,42)/b5-4+/t25-/m1/s1. The largest absolute Gasteiger partial charge is 0.383 e. The topological polar surface area (TPSA) is 122 Å². The fourth-order valence-electron chi connectivity index (χ4n) is 5.90. The molecule has 1 aromatic carbocycles. The van der Waals surface area contributed by atoms with Crippen molar-refractivity contribution in [3.63, 3.8) is 0 Å². The van der Waals surface area contributed by atoms with E-state index in [0.29, 0.717) is 36.3 Å². The van der Waals surface area contributed by atoms with Crippen LogP contribution < -0.4 is 11.1 Å². The van der Waals surface area contributed by atoms with E-state index in [2.05, 4.69) is 43.7 Å². The molecule has 1 saturated carbocycles. The molecule has 216 valence electrons. The lowest BCUT2D eigenvalue weighted by molar-refractivity contribution is -0.125. The van der Waals surface area contributed by atoms with E-state index in [1.165, 1.54) is 19.2 Å². The Labute approximate surface area is 245 Å². The molecule has 0 radical (unpaired) electrons. The predicted octanol–water partition coefficient (Wildman–Crippen LogP) is 4.37. The van der Waals surface area contributed by atoms with Crippen molar-refractivity contribution in [2.45, 2.75) is 45.2 Å². The summed E-state index contributed by atoms with van der Waals surface area (Å²) >= 11 is 0. The van der Waals surface area contributed by atoms with Crippen LogP contribution in [0.3, 0.4) is 0 Å². The highest BCUT2D eigenvalue weighted by molar-refractivity contribution is 6.05. The third kappa shape index (κ3) is 5.49. The van der Waals surface area contributed by atoms with Gasteiger partial charge in [-0.2, -0.15) is 0 Å². The number of nitrogen functional groups attached to an aromatic ring is 1. The van der Waals surface area contributed by atoms with Crippen molar-refractivity contribution in [1.29, 1.82) is 0 Å². The Morgan fingerprint density at radius 2 is 1.88 bits per heavy atom.